The molecule has 1 aliphatic heterocycles. The van der Waals surface area contributed by atoms with Gasteiger partial charge in [-0.15, -0.1) is 0 Å². The molecule has 7 nitrogen and oxygen atoms in total. The number of nitrogens with one attached hydrogen (secondary N) is 3. The van der Waals surface area contributed by atoms with E-state index in [0.717, 1.165) is 0 Å². The number of aliphatic imine (C=N–C) groups is 1. The van der Waals surface area contributed by atoms with E-state index in [1.54, 1.807) is 27.8 Å². The zero-order valence-corrected chi connectivity index (χ0v) is 17.7. The number of hydrogen-bond acceptors (Lipinski definition) is 4. The van der Waals surface area contributed by atoms with Crippen molar-refractivity contribution < 1.29 is 22.7 Å². The van der Waals surface area contributed by atoms with Gasteiger partial charge in [-0.05, 0) is 53.5 Å². The topological polar surface area (TPSA) is 78.0 Å². The third-order valence-corrected chi connectivity index (χ3v) is 4.09. The summed E-state index contributed by atoms with van der Waals surface area (Å²) in [5.41, 5.74) is -1.16. The van der Waals surface area contributed by atoms with Crippen LogP contribution in [0.3, 0.4) is 0 Å². The molecule has 0 aromatic rings. The van der Waals surface area contributed by atoms with Crippen LogP contribution in [0.25, 0.3) is 0 Å². The molecule has 0 aromatic carbocycles. The highest BCUT2D eigenvalue weighted by Gasteiger charge is 2.34. The van der Waals surface area contributed by atoms with Crippen LogP contribution in [-0.4, -0.2) is 74.0 Å². The molecule has 164 valence electrons. The molecule has 28 heavy (non-hydrogen) atoms. The summed E-state index contributed by atoms with van der Waals surface area (Å²) in [6, 6.07) is 0. The Labute approximate surface area is 165 Å². The molecule has 1 heterocycles. The quantitative estimate of drug-likeness (QED) is 0.464. The first-order chi connectivity index (χ1) is 12.7. The number of rotatable bonds is 6. The predicted molar refractivity (Wildman–Crippen MR) is 103 cm³/mol. The number of guanidine groups is 1. The molecule has 1 aliphatic rings. The molecule has 1 fully saturated rings. The van der Waals surface area contributed by atoms with Crippen LogP contribution in [0.15, 0.2) is 4.99 Å². The number of alkyl carbamates (subject to hydrolysis) is 1. The van der Waals surface area contributed by atoms with Crippen molar-refractivity contribution in [3.8, 4) is 0 Å². The third kappa shape index (κ3) is 10.6. The van der Waals surface area contributed by atoms with Crippen molar-refractivity contribution in [1.82, 2.24) is 20.9 Å². The maximum absolute atomic E-state index is 12.5. The van der Waals surface area contributed by atoms with Gasteiger partial charge >= 0.3 is 12.3 Å². The van der Waals surface area contributed by atoms with E-state index in [4.69, 9.17) is 4.74 Å². The van der Waals surface area contributed by atoms with Crippen LogP contribution in [-0.2, 0) is 4.74 Å². The first-order valence-corrected chi connectivity index (χ1v) is 9.44. The van der Waals surface area contributed by atoms with Gasteiger partial charge in [-0.25, -0.2) is 4.79 Å². The van der Waals surface area contributed by atoms with Gasteiger partial charge in [0, 0.05) is 26.7 Å². The number of halogens is 3. The summed E-state index contributed by atoms with van der Waals surface area (Å²) in [7, 11) is 1.62. The summed E-state index contributed by atoms with van der Waals surface area (Å²) >= 11 is 0. The van der Waals surface area contributed by atoms with Gasteiger partial charge in [0.1, 0.15) is 5.60 Å². The Balaban J connectivity index is 2.38. The molecular formula is C18H34F3N5O2. The fourth-order valence-electron chi connectivity index (χ4n) is 2.87. The molecule has 0 saturated carbocycles. The van der Waals surface area contributed by atoms with Crippen molar-refractivity contribution in [3.63, 3.8) is 0 Å². The molecular weight excluding hydrogens is 375 g/mol. The number of nitrogens with zero attached hydrogens (tertiary/aromatic N) is 2. The molecule has 3 N–H and O–H groups in total. The van der Waals surface area contributed by atoms with Crippen molar-refractivity contribution >= 4 is 12.1 Å². The lowest BCUT2D eigenvalue weighted by atomic mass is 10.1. The summed E-state index contributed by atoms with van der Waals surface area (Å²) in [6.45, 7) is 10.0. The summed E-state index contributed by atoms with van der Waals surface area (Å²) < 4.78 is 42.7. The number of carbonyl (C=O) groups is 1. The Bertz CT molecular complexity index is 544. The van der Waals surface area contributed by atoms with Crippen LogP contribution in [0.5, 0.6) is 0 Å². The molecule has 1 atom stereocenters. The molecule has 1 rings (SSSR count). The smallest absolute Gasteiger partial charge is 0.408 e. The van der Waals surface area contributed by atoms with Gasteiger partial charge < -0.3 is 20.7 Å². The number of hydrogen-bond donors (Lipinski definition) is 3. The summed E-state index contributed by atoms with van der Waals surface area (Å²) in [4.78, 5) is 17.5. The lowest BCUT2D eigenvalue weighted by Crippen LogP contribution is -2.54. The van der Waals surface area contributed by atoms with Crippen molar-refractivity contribution in [1.29, 1.82) is 0 Å². The van der Waals surface area contributed by atoms with Crippen molar-refractivity contribution in [2.75, 3.05) is 39.8 Å². The Morgan fingerprint density at radius 1 is 1.18 bits per heavy atom. The second-order valence-electron chi connectivity index (χ2n) is 8.82. The van der Waals surface area contributed by atoms with E-state index < -0.39 is 30.0 Å². The van der Waals surface area contributed by atoms with E-state index in [1.807, 2.05) is 13.8 Å². The van der Waals surface area contributed by atoms with Gasteiger partial charge in [0.2, 0.25) is 0 Å². The average Bonchev–Trinajstić information content (AvgIpc) is 2.90. The van der Waals surface area contributed by atoms with E-state index in [-0.39, 0.29) is 5.92 Å². The lowest BCUT2D eigenvalue weighted by molar-refractivity contribution is -0.143. The maximum Gasteiger partial charge on any atom is 0.408 e. The summed E-state index contributed by atoms with van der Waals surface area (Å²) in [6.07, 6.45) is -3.95. The zero-order chi connectivity index (χ0) is 21.6. The van der Waals surface area contributed by atoms with Crippen LogP contribution in [0, 0.1) is 5.92 Å². The molecule has 10 heteroatoms. The second kappa shape index (κ2) is 9.67. The molecule has 1 amide bonds. The normalized spacial score (nSPS) is 19.5. The fraction of sp³-hybridized carbons (Fsp3) is 0.889. The molecule has 1 unspecified atom stereocenters. The SMILES string of the molecule is CN=C(NCC1CCN(CC(F)(F)F)C1)NCC(C)(C)NC(=O)OC(C)(C)C. The Hall–Kier alpha value is -1.71. The third-order valence-electron chi connectivity index (χ3n) is 4.09. The first-order valence-electron chi connectivity index (χ1n) is 9.44. The highest BCUT2D eigenvalue weighted by atomic mass is 19.4. The number of ether oxygens (including phenoxy) is 1. The Morgan fingerprint density at radius 2 is 1.82 bits per heavy atom. The van der Waals surface area contributed by atoms with E-state index >= 15 is 0 Å². The largest absolute Gasteiger partial charge is 0.444 e. The monoisotopic (exact) mass is 409 g/mol. The van der Waals surface area contributed by atoms with Gasteiger partial charge in [-0.3, -0.25) is 9.89 Å². The number of alkyl halides is 3. The standard InChI is InChI=1S/C18H34F3N5O2/c1-16(2,3)28-15(27)25-17(4,5)11-24-14(22-6)23-9-13-7-8-26(10-13)12-18(19,20)21/h13H,7-12H2,1-6H3,(H,25,27)(H2,22,23,24). The van der Waals surface area contributed by atoms with Gasteiger partial charge in [0.25, 0.3) is 0 Å². The molecule has 0 bridgehead atoms. The van der Waals surface area contributed by atoms with Crippen molar-refractivity contribution in [2.45, 2.75) is 58.4 Å². The van der Waals surface area contributed by atoms with E-state index in [9.17, 15) is 18.0 Å². The van der Waals surface area contributed by atoms with Gasteiger partial charge in [0.15, 0.2) is 5.96 Å². The lowest BCUT2D eigenvalue weighted by Gasteiger charge is -2.29. The van der Waals surface area contributed by atoms with E-state index in [0.29, 0.717) is 38.6 Å². The van der Waals surface area contributed by atoms with Crippen molar-refractivity contribution in [3.05, 3.63) is 0 Å². The van der Waals surface area contributed by atoms with Gasteiger partial charge in [0.05, 0.1) is 12.1 Å². The van der Waals surface area contributed by atoms with Gasteiger partial charge in [-0.1, -0.05) is 0 Å². The molecule has 0 aliphatic carbocycles. The average molecular weight is 409 g/mol. The molecule has 0 spiro atoms. The van der Waals surface area contributed by atoms with E-state index in [1.165, 1.54) is 4.90 Å². The minimum atomic E-state index is -4.16. The zero-order valence-electron chi connectivity index (χ0n) is 17.7. The summed E-state index contributed by atoms with van der Waals surface area (Å²) in [5.74, 6) is 0.669. The summed E-state index contributed by atoms with van der Waals surface area (Å²) in [5, 5.41) is 9.07. The highest BCUT2D eigenvalue weighted by molar-refractivity contribution is 5.79. The Morgan fingerprint density at radius 3 is 2.36 bits per heavy atom. The predicted octanol–water partition coefficient (Wildman–Crippen LogP) is 2.34. The second-order valence-corrected chi connectivity index (χ2v) is 8.82. The molecule has 0 radical (unpaired) electrons. The molecule has 1 saturated heterocycles. The van der Waals surface area contributed by atoms with Gasteiger partial charge in [-0.2, -0.15) is 13.2 Å². The van der Waals surface area contributed by atoms with Crippen LogP contribution >= 0.6 is 0 Å². The van der Waals surface area contributed by atoms with Crippen LogP contribution < -0.4 is 16.0 Å². The van der Waals surface area contributed by atoms with E-state index in [2.05, 4.69) is 20.9 Å². The van der Waals surface area contributed by atoms with Crippen molar-refractivity contribution in [2.24, 2.45) is 10.9 Å². The first kappa shape index (κ1) is 24.3. The highest BCUT2D eigenvalue weighted by Crippen LogP contribution is 2.22. The fourth-order valence-corrected chi connectivity index (χ4v) is 2.87. The van der Waals surface area contributed by atoms with Crippen LogP contribution in [0.4, 0.5) is 18.0 Å². The van der Waals surface area contributed by atoms with Crippen LogP contribution in [0.1, 0.15) is 41.0 Å². The maximum atomic E-state index is 12.5. The minimum absolute atomic E-state index is 0.133. The number of carbonyl (C=O) groups excluding carboxylic acids is 1. The Kier molecular flexibility index (Phi) is 8.40. The molecule has 0 aromatic heterocycles. The minimum Gasteiger partial charge on any atom is -0.444 e. The number of likely N-dealkylation sites (tertiary alicyclic amines) is 1. The number of amides is 1. The van der Waals surface area contributed by atoms with Crippen LogP contribution in [0.2, 0.25) is 0 Å².